The number of aromatic nitrogens is 4. The second-order valence-corrected chi connectivity index (χ2v) is 15.9. The van der Waals surface area contributed by atoms with E-state index in [9.17, 15) is 33.9 Å². The number of amides is 1. The monoisotopic (exact) mass is 754 g/mol. The van der Waals surface area contributed by atoms with Crippen LogP contribution >= 0.6 is 15.6 Å². The van der Waals surface area contributed by atoms with Crippen LogP contribution in [0.4, 0.5) is 5.82 Å². The van der Waals surface area contributed by atoms with Crippen LogP contribution in [0.15, 0.2) is 23.7 Å². The van der Waals surface area contributed by atoms with Gasteiger partial charge in [-0.05, 0) is 0 Å². The Hall–Kier alpha value is -2.16. The molecule has 3 aromatic rings. The SMILES string of the molecule is CC1(C)O[C@@H]2[C@H](O1)[C@@H](COP(=O)([O-])OP(=O)([O-])OC[C@H]1O[C@@H](n3cnc4c(N)ncnc43)[C@H](O)[C@@H]1O)O[C@H]2c1cc(C(N)=O)c[se]1. The normalized spacial score (nSPS) is 33.2. The number of phosphoric ester groups is 2. The summed E-state index contributed by atoms with van der Waals surface area (Å²) in [6, 6.07) is 1.59. The molecular formula is C23H28N6O14P2Se-2. The first-order valence-electron chi connectivity index (χ1n) is 13.5. The van der Waals surface area contributed by atoms with Crippen molar-refractivity contribution in [2.45, 2.75) is 68.6 Å². The van der Waals surface area contributed by atoms with Crippen molar-refractivity contribution in [2.75, 3.05) is 18.9 Å². The van der Waals surface area contributed by atoms with Gasteiger partial charge in [-0.2, -0.15) is 0 Å². The molecule has 0 spiro atoms. The van der Waals surface area contributed by atoms with Gasteiger partial charge in [-0.1, -0.05) is 0 Å². The molecule has 0 aromatic carbocycles. The van der Waals surface area contributed by atoms with Gasteiger partial charge >= 0.3 is 177 Å². The fraction of sp³-hybridized carbons (Fsp3) is 0.565. The van der Waals surface area contributed by atoms with Gasteiger partial charge in [0, 0.05) is 0 Å². The van der Waals surface area contributed by atoms with Crippen LogP contribution in [0, 0.1) is 0 Å². The molecule has 6 heterocycles. The van der Waals surface area contributed by atoms with E-state index in [0.717, 1.165) is 6.33 Å². The second-order valence-electron chi connectivity index (χ2n) is 11.0. The molecule has 0 bridgehead atoms. The number of fused-ring (bicyclic) bond motifs is 2. The number of aliphatic hydroxyl groups is 2. The first-order chi connectivity index (χ1) is 21.5. The first kappa shape index (κ1) is 33.7. The number of anilines is 1. The molecule has 252 valence electrons. The number of primary amides is 1. The molecule has 3 fully saturated rings. The fourth-order valence-electron chi connectivity index (χ4n) is 5.33. The van der Waals surface area contributed by atoms with Crippen LogP contribution in [-0.4, -0.2) is 106 Å². The molecular weight excluding hydrogens is 725 g/mol. The Kier molecular flexibility index (Phi) is 9.08. The first-order valence-corrected chi connectivity index (χ1v) is 18.3. The van der Waals surface area contributed by atoms with Crippen molar-refractivity contribution >= 4 is 53.0 Å². The minimum atomic E-state index is -5.62. The third-order valence-corrected chi connectivity index (χ3v) is 11.9. The zero-order valence-electron chi connectivity index (χ0n) is 23.9. The second kappa shape index (κ2) is 12.4. The zero-order chi connectivity index (χ0) is 33.2. The summed E-state index contributed by atoms with van der Waals surface area (Å²) >= 11 is -0.295. The van der Waals surface area contributed by atoms with Crippen LogP contribution in [0.3, 0.4) is 0 Å². The number of rotatable bonds is 11. The van der Waals surface area contributed by atoms with Gasteiger partial charge in [0.2, 0.25) is 0 Å². The van der Waals surface area contributed by atoms with Gasteiger partial charge in [0.15, 0.2) is 17.7 Å². The van der Waals surface area contributed by atoms with Crippen molar-refractivity contribution < 1.29 is 66.2 Å². The third-order valence-electron chi connectivity index (χ3n) is 7.33. The molecule has 46 heavy (non-hydrogen) atoms. The molecule has 3 saturated heterocycles. The molecule has 10 atom stereocenters. The van der Waals surface area contributed by atoms with Gasteiger partial charge in [0.25, 0.3) is 0 Å². The van der Waals surface area contributed by atoms with Crippen molar-refractivity contribution in [3.05, 3.63) is 33.7 Å². The predicted octanol–water partition coefficient (Wildman–Crippen LogP) is -2.17. The van der Waals surface area contributed by atoms with Crippen molar-refractivity contribution in [3.63, 3.8) is 0 Å². The summed E-state index contributed by atoms with van der Waals surface area (Å²) in [4.78, 5) is 50.1. The Morgan fingerprint density at radius 3 is 2.41 bits per heavy atom. The van der Waals surface area contributed by atoms with E-state index in [1.807, 2.05) is 0 Å². The van der Waals surface area contributed by atoms with E-state index in [-0.39, 0.29) is 31.5 Å². The number of hydrogen-bond donors (Lipinski definition) is 4. The molecule has 6 N–H and O–H groups in total. The van der Waals surface area contributed by atoms with E-state index in [4.69, 9.17) is 34.9 Å². The Morgan fingerprint density at radius 2 is 1.74 bits per heavy atom. The molecule has 3 aliphatic heterocycles. The standard InChI is InChI=1S/C23H30N6O14P2Se/c1-23(2)41-16-11(39-17(18(16)42-23)12-3-9(6-46-12)20(25)32)5-38-45(35,36)43-44(33,34)37-4-10-14(30)15(31)22(40-10)29-8-28-13-19(24)26-7-27-21(13)29/h3,6-8,10-11,14-18,22,30-31H,4-5H2,1-2H3,(H2,25,32)(H,33,34)(H,35,36)(H2,24,26,27)/p-2/t10-,11-,14-,15-,16-,17+,18-,22-/m1/s1. The number of nitrogens with zero attached hydrogens (tertiary/aromatic N) is 4. The van der Waals surface area contributed by atoms with Gasteiger partial charge in [0.05, 0.1) is 6.33 Å². The predicted molar refractivity (Wildman–Crippen MR) is 147 cm³/mol. The molecule has 6 rings (SSSR count). The summed E-state index contributed by atoms with van der Waals surface area (Å²) in [5.74, 6) is -1.61. The topological polar surface area (TPSA) is 298 Å². The average Bonchev–Trinajstić information content (AvgIpc) is 3.77. The Labute approximate surface area is 265 Å². The third kappa shape index (κ3) is 6.73. The summed E-state index contributed by atoms with van der Waals surface area (Å²) < 4.78 is 64.0. The summed E-state index contributed by atoms with van der Waals surface area (Å²) in [6.45, 7) is 1.67. The van der Waals surface area contributed by atoms with Gasteiger partial charge in [0.1, 0.15) is 24.1 Å². The summed E-state index contributed by atoms with van der Waals surface area (Å²) in [7, 11) is -11.2. The number of hydrogen-bond acceptors (Lipinski definition) is 18. The summed E-state index contributed by atoms with van der Waals surface area (Å²) in [5.41, 5.74) is 11.8. The Morgan fingerprint density at radius 1 is 1.07 bits per heavy atom. The van der Waals surface area contributed by atoms with Crippen molar-refractivity contribution in [1.82, 2.24) is 19.5 Å². The van der Waals surface area contributed by atoms with Crippen LogP contribution < -0.4 is 21.3 Å². The van der Waals surface area contributed by atoms with E-state index >= 15 is 0 Å². The molecule has 20 nitrogen and oxygen atoms in total. The van der Waals surface area contributed by atoms with E-state index < -0.39 is 89.5 Å². The summed E-state index contributed by atoms with van der Waals surface area (Å²) in [6.07, 6.45) is -6.84. The molecule has 1 amide bonds. The van der Waals surface area contributed by atoms with Crippen molar-refractivity contribution in [1.29, 1.82) is 0 Å². The van der Waals surface area contributed by atoms with Crippen LogP contribution in [0.2, 0.25) is 0 Å². The van der Waals surface area contributed by atoms with Crippen LogP contribution in [0.25, 0.3) is 11.2 Å². The number of phosphoric acid groups is 2. The van der Waals surface area contributed by atoms with Crippen LogP contribution in [-0.2, 0) is 41.4 Å². The number of nitrogen functional groups attached to an aromatic ring is 1. The van der Waals surface area contributed by atoms with E-state index in [0.29, 0.717) is 10.0 Å². The maximum absolute atomic E-state index is 12.5. The average molecular weight is 753 g/mol. The quantitative estimate of drug-likeness (QED) is 0.120. The molecule has 0 aliphatic carbocycles. The summed E-state index contributed by atoms with van der Waals surface area (Å²) in [5, 5.41) is 21.0. The number of carbonyl (C=O) groups is 1. The van der Waals surface area contributed by atoms with Gasteiger partial charge < -0.3 is 20.7 Å². The van der Waals surface area contributed by atoms with E-state index in [2.05, 4.69) is 23.8 Å². The van der Waals surface area contributed by atoms with Gasteiger partial charge in [-0.15, -0.1) is 0 Å². The number of ether oxygens (including phenoxy) is 4. The Balaban J connectivity index is 1.06. The van der Waals surface area contributed by atoms with Gasteiger partial charge in [-0.3, -0.25) is 4.57 Å². The van der Waals surface area contributed by atoms with Crippen molar-refractivity contribution in [2.24, 2.45) is 5.73 Å². The molecule has 23 heteroatoms. The van der Waals surface area contributed by atoms with Crippen LogP contribution in [0.1, 0.15) is 41.0 Å². The Bertz CT molecular complexity index is 1720. The number of nitrogens with two attached hydrogens (primary N) is 2. The van der Waals surface area contributed by atoms with Crippen LogP contribution in [0.5, 0.6) is 0 Å². The molecule has 0 radical (unpaired) electrons. The van der Waals surface area contributed by atoms with E-state index in [1.165, 1.54) is 10.9 Å². The maximum atomic E-state index is 12.5. The number of carbonyl (C=O) groups excluding carboxylic acids is 1. The van der Waals surface area contributed by atoms with Gasteiger partial charge in [-0.25, -0.2) is 15.0 Å². The molecule has 0 saturated carbocycles. The minimum absolute atomic E-state index is 0.0560. The van der Waals surface area contributed by atoms with E-state index in [1.54, 1.807) is 24.9 Å². The van der Waals surface area contributed by atoms with Crippen molar-refractivity contribution in [3.8, 4) is 0 Å². The molecule has 3 aliphatic rings. The number of imidazole rings is 1. The molecule has 2 unspecified atom stereocenters. The number of aliphatic hydroxyl groups excluding tert-OH is 2. The molecule has 3 aromatic heterocycles. The fourth-order valence-corrected chi connectivity index (χ4v) is 9.37. The zero-order valence-corrected chi connectivity index (χ0v) is 27.4.